The standard InChI is InChI=1S/C23H22ClNO3/c24-19-8-6-16(7-9-19)20-10-11-21(28-20)23(27)25-14-12-18(13-15-25)22(26)17-4-2-1-3-5-17/h1-11,18,22,26H,12-15H2/t22-/m0/s1. The van der Waals surface area contributed by atoms with E-state index in [-0.39, 0.29) is 11.8 Å². The molecule has 144 valence electrons. The van der Waals surface area contributed by atoms with E-state index in [1.807, 2.05) is 48.5 Å². The highest BCUT2D eigenvalue weighted by molar-refractivity contribution is 6.30. The van der Waals surface area contributed by atoms with Crippen molar-refractivity contribution >= 4 is 17.5 Å². The van der Waals surface area contributed by atoms with Crippen LogP contribution in [0.1, 0.15) is 35.1 Å². The van der Waals surface area contributed by atoms with Crippen LogP contribution < -0.4 is 0 Å². The Morgan fingerprint density at radius 1 is 1.00 bits per heavy atom. The van der Waals surface area contributed by atoms with Gasteiger partial charge in [0.05, 0.1) is 6.10 Å². The van der Waals surface area contributed by atoms with Crippen LogP contribution in [0.3, 0.4) is 0 Å². The molecular formula is C23H22ClNO3. The minimum absolute atomic E-state index is 0.104. The molecule has 1 saturated heterocycles. The predicted molar refractivity (Wildman–Crippen MR) is 109 cm³/mol. The van der Waals surface area contributed by atoms with E-state index in [0.29, 0.717) is 29.6 Å². The molecule has 0 unspecified atom stereocenters. The Kier molecular flexibility index (Phi) is 5.51. The number of furan rings is 1. The number of hydrogen-bond acceptors (Lipinski definition) is 3. The molecule has 28 heavy (non-hydrogen) atoms. The number of halogens is 1. The molecule has 2 heterocycles. The van der Waals surface area contributed by atoms with E-state index in [0.717, 1.165) is 24.0 Å². The van der Waals surface area contributed by atoms with E-state index >= 15 is 0 Å². The highest BCUT2D eigenvalue weighted by Crippen LogP contribution is 2.31. The van der Waals surface area contributed by atoms with Crippen LogP contribution in [0, 0.1) is 5.92 Å². The van der Waals surface area contributed by atoms with Gasteiger partial charge in [-0.15, -0.1) is 0 Å². The van der Waals surface area contributed by atoms with Gasteiger partial charge in [0.15, 0.2) is 5.76 Å². The molecule has 1 amide bonds. The summed E-state index contributed by atoms with van der Waals surface area (Å²) < 4.78 is 5.78. The second-order valence-corrected chi connectivity index (χ2v) is 7.59. The van der Waals surface area contributed by atoms with Gasteiger partial charge in [0, 0.05) is 23.7 Å². The first kappa shape index (κ1) is 18.8. The third-order valence-corrected chi connectivity index (χ3v) is 5.61. The van der Waals surface area contributed by atoms with Gasteiger partial charge in [0.25, 0.3) is 5.91 Å². The van der Waals surface area contributed by atoms with Gasteiger partial charge in [-0.2, -0.15) is 0 Å². The first-order chi connectivity index (χ1) is 13.6. The van der Waals surface area contributed by atoms with E-state index in [2.05, 4.69) is 0 Å². The van der Waals surface area contributed by atoms with Crippen molar-refractivity contribution in [1.82, 2.24) is 4.90 Å². The molecule has 0 spiro atoms. The van der Waals surface area contributed by atoms with Crippen LogP contribution in [-0.4, -0.2) is 29.0 Å². The van der Waals surface area contributed by atoms with Crippen LogP contribution in [-0.2, 0) is 0 Å². The average molecular weight is 396 g/mol. The summed E-state index contributed by atoms with van der Waals surface area (Å²) >= 11 is 5.92. The monoisotopic (exact) mass is 395 g/mol. The Hall–Kier alpha value is -2.56. The summed E-state index contributed by atoms with van der Waals surface area (Å²) in [6.07, 6.45) is 1.05. The molecule has 3 aromatic rings. The number of aliphatic hydroxyl groups is 1. The van der Waals surface area contributed by atoms with Crippen LogP contribution in [0.4, 0.5) is 0 Å². The lowest BCUT2D eigenvalue weighted by Gasteiger charge is -2.34. The Balaban J connectivity index is 1.38. The van der Waals surface area contributed by atoms with Crippen LogP contribution in [0.15, 0.2) is 71.1 Å². The molecule has 1 atom stereocenters. The van der Waals surface area contributed by atoms with Gasteiger partial charge in [-0.25, -0.2) is 0 Å². The van der Waals surface area contributed by atoms with Gasteiger partial charge < -0.3 is 14.4 Å². The fourth-order valence-electron chi connectivity index (χ4n) is 3.72. The summed E-state index contributed by atoms with van der Waals surface area (Å²) in [5.74, 6) is 1.04. The Morgan fingerprint density at radius 2 is 1.68 bits per heavy atom. The molecule has 1 aliphatic heterocycles. The number of nitrogens with zero attached hydrogens (tertiary/aromatic N) is 1. The molecule has 1 aliphatic rings. The van der Waals surface area contributed by atoms with Crippen molar-refractivity contribution < 1.29 is 14.3 Å². The summed E-state index contributed by atoms with van der Waals surface area (Å²) in [5.41, 5.74) is 1.82. The minimum atomic E-state index is -0.487. The molecule has 0 aliphatic carbocycles. The molecule has 5 heteroatoms. The van der Waals surface area contributed by atoms with Crippen molar-refractivity contribution in [2.75, 3.05) is 13.1 Å². The van der Waals surface area contributed by atoms with Crippen molar-refractivity contribution in [2.24, 2.45) is 5.92 Å². The zero-order valence-electron chi connectivity index (χ0n) is 15.4. The fraction of sp³-hybridized carbons (Fsp3) is 0.261. The molecule has 0 saturated carbocycles. The molecule has 0 bridgehead atoms. The molecule has 1 fully saturated rings. The second kappa shape index (κ2) is 8.21. The molecule has 4 nitrogen and oxygen atoms in total. The molecule has 0 radical (unpaired) electrons. The lowest BCUT2D eigenvalue weighted by Crippen LogP contribution is -2.39. The topological polar surface area (TPSA) is 53.7 Å². The van der Waals surface area contributed by atoms with Gasteiger partial charge in [-0.1, -0.05) is 41.9 Å². The fourth-order valence-corrected chi connectivity index (χ4v) is 3.84. The van der Waals surface area contributed by atoms with Crippen molar-refractivity contribution in [3.05, 3.63) is 83.1 Å². The van der Waals surface area contributed by atoms with Crippen molar-refractivity contribution in [3.63, 3.8) is 0 Å². The molecule has 1 N–H and O–H groups in total. The first-order valence-electron chi connectivity index (χ1n) is 9.50. The quantitative estimate of drug-likeness (QED) is 0.661. The molecule has 1 aromatic heterocycles. The van der Waals surface area contributed by atoms with Gasteiger partial charge >= 0.3 is 0 Å². The summed E-state index contributed by atoms with van der Waals surface area (Å²) in [7, 11) is 0. The van der Waals surface area contributed by atoms with Gasteiger partial charge in [-0.3, -0.25) is 4.79 Å². The van der Waals surface area contributed by atoms with Gasteiger partial charge in [-0.05, 0) is 60.7 Å². The van der Waals surface area contributed by atoms with Crippen molar-refractivity contribution in [1.29, 1.82) is 0 Å². The first-order valence-corrected chi connectivity index (χ1v) is 9.87. The number of likely N-dealkylation sites (tertiary alicyclic amines) is 1. The molecule has 2 aromatic carbocycles. The number of hydrogen-bond donors (Lipinski definition) is 1. The summed E-state index contributed by atoms with van der Waals surface area (Å²) in [6, 6.07) is 20.6. The Morgan fingerprint density at radius 3 is 2.36 bits per heavy atom. The number of benzene rings is 2. The lowest BCUT2D eigenvalue weighted by molar-refractivity contribution is 0.0443. The summed E-state index contributed by atoms with van der Waals surface area (Å²) in [6.45, 7) is 1.23. The van der Waals surface area contributed by atoms with Gasteiger partial charge in [0.1, 0.15) is 5.76 Å². The van der Waals surface area contributed by atoms with E-state index in [4.69, 9.17) is 16.0 Å². The van der Waals surface area contributed by atoms with Crippen molar-refractivity contribution in [3.8, 4) is 11.3 Å². The van der Waals surface area contributed by atoms with E-state index < -0.39 is 6.10 Å². The number of amides is 1. The van der Waals surface area contributed by atoms with E-state index in [1.165, 1.54) is 0 Å². The normalized spacial score (nSPS) is 16.1. The maximum absolute atomic E-state index is 12.8. The van der Waals surface area contributed by atoms with Crippen LogP contribution in [0.2, 0.25) is 5.02 Å². The zero-order valence-corrected chi connectivity index (χ0v) is 16.2. The maximum Gasteiger partial charge on any atom is 0.289 e. The van der Waals surface area contributed by atoms with Crippen LogP contribution in [0.25, 0.3) is 11.3 Å². The maximum atomic E-state index is 12.8. The number of rotatable bonds is 4. The van der Waals surface area contributed by atoms with E-state index in [9.17, 15) is 9.90 Å². The van der Waals surface area contributed by atoms with Crippen LogP contribution in [0.5, 0.6) is 0 Å². The number of carbonyl (C=O) groups excluding carboxylic acids is 1. The highest BCUT2D eigenvalue weighted by Gasteiger charge is 2.29. The van der Waals surface area contributed by atoms with Gasteiger partial charge in [0.2, 0.25) is 0 Å². The number of carbonyl (C=O) groups is 1. The highest BCUT2D eigenvalue weighted by atomic mass is 35.5. The third kappa shape index (κ3) is 3.98. The molecular weight excluding hydrogens is 374 g/mol. The van der Waals surface area contributed by atoms with Crippen LogP contribution >= 0.6 is 11.6 Å². The minimum Gasteiger partial charge on any atom is -0.451 e. The number of piperidine rings is 1. The summed E-state index contributed by atoms with van der Waals surface area (Å²) in [5, 5.41) is 11.3. The third-order valence-electron chi connectivity index (χ3n) is 5.36. The largest absolute Gasteiger partial charge is 0.451 e. The van der Waals surface area contributed by atoms with E-state index in [1.54, 1.807) is 23.1 Å². The smallest absolute Gasteiger partial charge is 0.289 e. The predicted octanol–water partition coefficient (Wildman–Crippen LogP) is 5.19. The summed E-state index contributed by atoms with van der Waals surface area (Å²) in [4.78, 5) is 14.6. The number of aliphatic hydroxyl groups excluding tert-OH is 1. The Labute approximate surface area is 169 Å². The van der Waals surface area contributed by atoms with Crippen molar-refractivity contribution in [2.45, 2.75) is 18.9 Å². The SMILES string of the molecule is O=C(c1ccc(-c2ccc(Cl)cc2)o1)N1CCC([C@@H](O)c2ccccc2)CC1. The molecule has 4 rings (SSSR count). The zero-order chi connectivity index (χ0) is 19.5. The average Bonchev–Trinajstić information content (AvgIpc) is 3.24. The second-order valence-electron chi connectivity index (χ2n) is 7.16. The Bertz CT molecular complexity index is 928. The lowest BCUT2D eigenvalue weighted by atomic mass is 9.87.